The van der Waals surface area contributed by atoms with E-state index < -0.39 is 0 Å². The molecule has 0 bridgehead atoms. The Labute approximate surface area is 150 Å². The maximum absolute atomic E-state index is 4.96. The second kappa shape index (κ2) is 7.35. The van der Waals surface area contributed by atoms with E-state index >= 15 is 0 Å². The van der Waals surface area contributed by atoms with Crippen LogP contribution in [0.2, 0.25) is 0 Å². The van der Waals surface area contributed by atoms with E-state index in [1.807, 2.05) is 11.3 Å². The summed E-state index contributed by atoms with van der Waals surface area (Å²) in [5.41, 5.74) is 4.09. The lowest BCUT2D eigenvalue weighted by Gasteiger charge is -2.26. The van der Waals surface area contributed by atoms with Gasteiger partial charge in [0.1, 0.15) is 0 Å². The fraction of sp³-hybridized carbons (Fsp3) is 0.619. The molecule has 0 radical (unpaired) electrons. The molecule has 1 aliphatic heterocycles. The van der Waals surface area contributed by atoms with Crippen LogP contribution in [0.1, 0.15) is 70.4 Å². The standard InChI is InChI=1S/C21H30N2S/c1-5-11-21(4,6-2)13-20-23-18-12-16(8-10-19(18)24-20)17-9-7-15(3)14-22-17/h8,10,12,15H,5-7,9,11,13-14H2,1-4H3. The lowest BCUT2D eigenvalue weighted by atomic mass is 9.80. The van der Waals surface area contributed by atoms with E-state index in [1.54, 1.807) is 0 Å². The van der Waals surface area contributed by atoms with Crippen molar-refractivity contribution in [3.8, 4) is 0 Å². The Bertz CT molecular complexity index is 731. The Morgan fingerprint density at radius 1 is 1.29 bits per heavy atom. The molecule has 3 heteroatoms. The second-order valence-corrected chi connectivity index (χ2v) is 8.93. The van der Waals surface area contributed by atoms with Gasteiger partial charge in [-0.2, -0.15) is 0 Å². The Morgan fingerprint density at radius 2 is 2.12 bits per heavy atom. The summed E-state index contributed by atoms with van der Waals surface area (Å²) in [5, 5.41) is 1.29. The molecule has 0 amide bonds. The van der Waals surface area contributed by atoms with Gasteiger partial charge in [0.2, 0.25) is 0 Å². The van der Waals surface area contributed by atoms with Crippen LogP contribution in [-0.4, -0.2) is 17.2 Å². The SMILES string of the molecule is CCCC(C)(CC)Cc1nc2cc(C3=NCC(C)CC3)ccc2s1. The Kier molecular flexibility index (Phi) is 5.39. The van der Waals surface area contributed by atoms with E-state index in [2.05, 4.69) is 45.9 Å². The van der Waals surface area contributed by atoms with Gasteiger partial charge in [-0.25, -0.2) is 4.98 Å². The van der Waals surface area contributed by atoms with E-state index in [0.717, 1.165) is 30.8 Å². The van der Waals surface area contributed by atoms with Gasteiger partial charge in [0, 0.05) is 18.7 Å². The minimum Gasteiger partial charge on any atom is -0.289 e. The molecule has 130 valence electrons. The zero-order valence-corrected chi connectivity index (χ0v) is 16.4. The van der Waals surface area contributed by atoms with Crippen LogP contribution in [0.3, 0.4) is 0 Å². The summed E-state index contributed by atoms with van der Waals surface area (Å²) in [6.07, 6.45) is 7.21. The number of rotatable bonds is 6. The monoisotopic (exact) mass is 342 g/mol. The van der Waals surface area contributed by atoms with Gasteiger partial charge >= 0.3 is 0 Å². The van der Waals surface area contributed by atoms with E-state index in [1.165, 1.54) is 46.7 Å². The molecule has 1 aromatic heterocycles. The zero-order valence-electron chi connectivity index (χ0n) is 15.6. The topological polar surface area (TPSA) is 25.2 Å². The summed E-state index contributed by atoms with van der Waals surface area (Å²) in [5.74, 6) is 0.730. The number of fused-ring (bicyclic) bond motifs is 1. The molecule has 2 heterocycles. The Hall–Kier alpha value is -1.22. The van der Waals surface area contributed by atoms with Crippen LogP contribution >= 0.6 is 11.3 Å². The van der Waals surface area contributed by atoms with Gasteiger partial charge in [0.15, 0.2) is 0 Å². The van der Waals surface area contributed by atoms with Gasteiger partial charge in [-0.1, -0.05) is 46.6 Å². The van der Waals surface area contributed by atoms with Crippen LogP contribution in [0.5, 0.6) is 0 Å². The van der Waals surface area contributed by atoms with E-state index in [0.29, 0.717) is 5.41 Å². The van der Waals surface area contributed by atoms with Gasteiger partial charge in [-0.05, 0) is 48.3 Å². The number of hydrogen-bond acceptors (Lipinski definition) is 3. The van der Waals surface area contributed by atoms with Crippen molar-refractivity contribution in [1.29, 1.82) is 0 Å². The summed E-state index contributed by atoms with van der Waals surface area (Å²) in [6, 6.07) is 6.74. The van der Waals surface area contributed by atoms with Crippen molar-refractivity contribution in [3.05, 3.63) is 28.8 Å². The highest BCUT2D eigenvalue weighted by Crippen LogP contribution is 2.35. The van der Waals surface area contributed by atoms with Gasteiger partial charge in [-0.3, -0.25) is 4.99 Å². The van der Waals surface area contributed by atoms with E-state index in [4.69, 9.17) is 9.98 Å². The largest absolute Gasteiger partial charge is 0.289 e. The number of aromatic nitrogens is 1. The van der Waals surface area contributed by atoms with Crippen molar-refractivity contribution in [2.24, 2.45) is 16.3 Å². The first-order valence-corrected chi connectivity index (χ1v) is 10.3. The molecule has 0 saturated heterocycles. The summed E-state index contributed by atoms with van der Waals surface area (Å²) in [7, 11) is 0. The van der Waals surface area contributed by atoms with Gasteiger partial charge < -0.3 is 0 Å². The third kappa shape index (κ3) is 3.88. The van der Waals surface area contributed by atoms with Crippen molar-refractivity contribution >= 4 is 27.3 Å². The first-order valence-electron chi connectivity index (χ1n) is 9.46. The highest BCUT2D eigenvalue weighted by molar-refractivity contribution is 7.18. The average Bonchev–Trinajstić information content (AvgIpc) is 2.96. The van der Waals surface area contributed by atoms with Gasteiger partial charge in [0.25, 0.3) is 0 Å². The molecule has 1 aromatic carbocycles. The van der Waals surface area contributed by atoms with Gasteiger partial charge in [0.05, 0.1) is 15.2 Å². The molecule has 0 N–H and O–H groups in total. The molecule has 0 fully saturated rings. The Balaban J connectivity index is 1.84. The summed E-state index contributed by atoms with van der Waals surface area (Å²) < 4.78 is 1.31. The fourth-order valence-electron chi connectivity index (χ4n) is 3.64. The lowest BCUT2D eigenvalue weighted by molar-refractivity contribution is 0.279. The van der Waals surface area contributed by atoms with Crippen LogP contribution in [0.4, 0.5) is 0 Å². The van der Waals surface area contributed by atoms with Crippen molar-refractivity contribution < 1.29 is 0 Å². The highest BCUT2D eigenvalue weighted by atomic mass is 32.1. The minimum absolute atomic E-state index is 0.384. The van der Waals surface area contributed by atoms with Crippen molar-refractivity contribution in [1.82, 2.24) is 4.98 Å². The quantitative estimate of drug-likeness (QED) is 0.607. The molecule has 24 heavy (non-hydrogen) atoms. The van der Waals surface area contributed by atoms with Crippen LogP contribution in [0.15, 0.2) is 23.2 Å². The molecule has 2 unspecified atom stereocenters. The first-order chi connectivity index (χ1) is 11.5. The lowest BCUT2D eigenvalue weighted by Crippen LogP contribution is -2.18. The molecule has 0 spiro atoms. The Morgan fingerprint density at radius 3 is 2.79 bits per heavy atom. The van der Waals surface area contributed by atoms with Crippen LogP contribution in [0.25, 0.3) is 10.2 Å². The van der Waals surface area contributed by atoms with Crippen molar-refractivity contribution in [3.63, 3.8) is 0 Å². The molecule has 3 rings (SSSR count). The zero-order chi connectivity index (χ0) is 17.2. The molecule has 2 nitrogen and oxygen atoms in total. The van der Waals surface area contributed by atoms with Crippen LogP contribution in [0, 0.1) is 11.3 Å². The fourth-order valence-corrected chi connectivity index (χ4v) is 4.81. The van der Waals surface area contributed by atoms with Crippen molar-refractivity contribution in [2.75, 3.05) is 6.54 Å². The third-order valence-corrected chi connectivity index (χ3v) is 6.55. The number of benzene rings is 1. The third-order valence-electron chi connectivity index (χ3n) is 5.52. The van der Waals surface area contributed by atoms with E-state index in [9.17, 15) is 0 Å². The minimum atomic E-state index is 0.384. The molecular weight excluding hydrogens is 312 g/mol. The molecule has 2 atom stereocenters. The second-order valence-electron chi connectivity index (χ2n) is 7.81. The van der Waals surface area contributed by atoms with Crippen LogP contribution in [-0.2, 0) is 6.42 Å². The summed E-state index contributed by atoms with van der Waals surface area (Å²) in [6.45, 7) is 10.3. The maximum Gasteiger partial charge on any atom is 0.0944 e. The van der Waals surface area contributed by atoms with Crippen LogP contribution < -0.4 is 0 Å². The predicted octanol–water partition coefficient (Wildman–Crippen LogP) is 6.27. The van der Waals surface area contributed by atoms with Gasteiger partial charge in [-0.15, -0.1) is 11.3 Å². The summed E-state index contributed by atoms with van der Waals surface area (Å²) >= 11 is 1.87. The molecule has 0 aliphatic carbocycles. The number of nitrogens with zero attached hydrogens (tertiary/aromatic N) is 2. The molecule has 1 aliphatic rings. The maximum atomic E-state index is 4.96. The predicted molar refractivity (Wildman–Crippen MR) is 106 cm³/mol. The number of aliphatic imine (C=N–C) groups is 1. The summed E-state index contributed by atoms with van der Waals surface area (Å²) in [4.78, 5) is 9.75. The first kappa shape index (κ1) is 17.6. The molecular formula is C21H30N2S. The normalized spacial score (nSPS) is 20.8. The number of hydrogen-bond donors (Lipinski definition) is 0. The van der Waals surface area contributed by atoms with Crippen molar-refractivity contribution in [2.45, 2.75) is 66.2 Å². The highest BCUT2D eigenvalue weighted by Gasteiger charge is 2.23. The molecule has 0 saturated carbocycles. The smallest absolute Gasteiger partial charge is 0.0944 e. The van der Waals surface area contributed by atoms with E-state index in [-0.39, 0.29) is 0 Å². The average molecular weight is 343 g/mol. The molecule has 2 aromatic rings. The number of thiazole rings is 1.